The molecule has 0 bridgehead atoms. The van der Waals surface area contributed by atoms with E-state index in [-0.39, 0.29) is 0 Å². The van der Waals surface area contributed by atoms with E-state index in [9.17, 15) is 0 Å². The second kappa shape index (κ2) is 2.90. The van der Waals surface area contributed by atoms with E-state index in [1.807, 2.05) is 4.68 Å². The Morgan fingerprint density at radius 1 is 1.62 bits per heavy atom. The highest BCUT2D eigenvalue weighted by Gasteiger charge is 2.24. The minimum atomic E-state index is 0.357. The van der Waals surface area contributed by atoms with Crippen LogP contribution < -0.4 is 11.1 Å². The van der Waals surface area contributed by atoms with Gasteiger partial charge in [0.2, 0.25) is 11.9 Å². The third kappa shape index (κ3) is 1.34. The van der Waals surface area contributed by atoms with Crippen molar-refractivity contribution in [2.45, 2.75) is 26.3 Å². The van der Waals surface area contributed by atoms with Gasteiger partial charge >= 0.3 is 0 Å². The summed E-state index contributed by atoms with van der Waals surface area (Å²) in [6.45, 7) is 5.34. The predicted molar refractivity (Wildman–Crippen MR) is 51.4 cm³/mol. The molecule has 0 aliphatic carbocycles. The first-order chi connectivity index (χ1) is 6.18. The fraction of sp³-hybridized carbons (Fsp3) is 0.750. The quantitative estimate of drug-likeness (QED) is 0.674. The van der Waals surface area contributed by atoms with Gasteiger partial charge in [-0.2, -0.15) is 4.98 Å². The van der Waals surface area contributed by atoms with Gasteiger partial charge in [-0.15, -0.1) is 5.10 Å². The number of nitrogens with zero attached hydrogens (tertiary/aromatic N) is 3. The first kappa shape index (κ1) is 8.34. The van der Waals surface area contributed by atoms with Crippen molar-refractivity contribution in [2.24, 2.45) is 5.92 Å². The summed E-state index contributed by atoms with van der Waals surface area (Å²) in [7, 11) is 0. The lowest BCUT2D eigenvalue weighted by atomic mass is 10.0. The van der Waals surface area contributed by atoms with Crippen LogP contribution in [0.4, 0.5) is 11.9 Å². The van der Waals surface area contributed by atoms with Gasteiger partial charge in [-0.3, -0.25) is 0 Å². The van der Waals surface area contributed by atoms with Gasteiger partial charge < -0.3 is 11.1 Å². The van der Waals surface area contributed by atoms with Gasteiger partial charge in [0.25, 0.3) is 0 Å². The van der Waals surface area contributed by atoms with Crippen molar-refractivity contribution in [1.29, 1.82) is 0 Å². The molecule has 13 heavy (non-hydrogen) atoms. The number of nitrogens with one attached hydrogen (secondary N) is 1. The fourth-order valence-corrected chi connectivity index (χ4v) is 1.76. The average molecular weight is 181 g/mol. The zero-order valence-electron chi connectivity index (χ0n) is 7.99. The molecule has 72 valence electrons. The normalized spacial score (nSPS) is 21.3. The Bertz CT molecular complexity index is 303. The lowest BCUT2D eigenvalue weighted by molar-refractivity contribution is 0.322. The van der Waals surface area contributed by atoms with E-state index >= 15 is 0 Å². The standard InChI is InChI=1S/C8H15N5/c1-5(2)6-3-4-10-8-11-7(9)12-13(6)8/h5-6H,3-4H2,1-2H3,(H3,9,10,11,12). The van der Waals surface area contributed by atoms with Gasteiger partial charge in [-0.25, -0.2) is 4.68 Å². The smallest absolute Gasteiger partial charge is 0.241 e. The fourth-order valence-electron chi connectivity index (χ4n) is 1.76. The van der Waals surface area contributed by atoms with Gasteiger partial charge in [-0.05, 0) is 12.3 Å². The largest absolute Gasteiger partial charge is 0.366 e. The van der Waals surface area contributed by atoms with Crippen LogP contribution in [0.15, 0.2) is 0 Å². The van der Waals surface area contributed by atoms with Gasteiger partial charge in [0.15, 0.2) is 0 Å². The SMILES string of the molecule is CC(C)C1CCNc2nc(N)nn21. The Morgan fingerprint density at radius 2 is 2.38 bits per heavy atom. The zero-order valence-corrected chi connectivity index (χ0v) is 7.99. The van der Waals surface area contributed by atoms with E-state index < -0.39 is 0 Å². The summed E-state index contributed by atoms with van der Waals surface area (Å²) in [5.41, 5.74) is 5.54. The van der Waals surface area contributed by atoms with E-state index in [1.54, 1.807) is 0 Å². The number of aromatic nitrogens is 3. The number of hydrogen-bond acceptors (Lipinski definition) is 4. The molecule has 2 rings (SSSR count). The van der Waals surface area contributed by atoms with Crippen LogP contribution >= 0.6 is 0 Å². The number of fused-ring (bicyclic) bond motifs is 1. The first-order valence-electron chi connectivity index (χ1n) is 4.64. The molecule has 1 aliphatic heterocycles. The van der Waals surface area contributed by atoms with Gasteiger partial charge in [0.05, 0.1) is 6.04 Å². The molecule has 0 saturated heterocycles. The maximum absolute atomic E-state index is 5.54. The number of hydrogen-bond donors (Lipinski definition) is 2. The zero-order chi connectivity index (χ0) is 9.42. The number of nitrogen functional groups attached to an aromatic ring is 1. The summed E-state index contributed by atoms with van der Waals surface area (Å²) in [5.74, 6) is 1.74. The van der Waals surface area contributed by atoms with Gasteiger partial charge in [0.1, 0.15) is 0 Å². The van der Waals surface area contributed by atoms with Crippen molar-refractivity contribution in [3.05, 3.63) is 0 Å². The molecule has 1 aromatic heterocycles. The van der Waals surface area contributed by atoms with E-state index in [1.165, 1.54) is 0 Å². The molecule has 1 unspecified atom stereocenters. The lowest BCUT2D eigenvalue weighted by Crippen LogP contribution is -2.27. The Labute approximate surface area is 77.3 Å². The Morgan fingerprint density at radius 3 is 3.08 bits per heavy atom. The highest BCUT2D eigenvalue weighted by Crippen LogP contribution is 2.27. The summed E-state index contributed by atoms with van der Waals surface area (Å²) in [5, 5.41) is 7.35. The van der Waals surface area contributed by atoms with E-state index in [0.717, 1.165) is 18.9 Å². The summed E-state index contributed by atoms with van der Waals surface area (Å²) < 4.78 is 1.91. The molecular formula is C8H15N5. The molecule has 0 radical (unpaired) electrons. The van der Waals surface area contributed by atoms with Crippen molar-refractivity contribution in [2.75, 3.05) is 17.6 Å². The van der Waals surface area contributed by atoms with Crippen molar-refractivity contribution in [3.8, 4) is 0 Å². The van der Waals surface area contributed by atoms with E-state index in [4.69, 9.17) is 5.73 Å². The highest BCUT2D eigenvalue weighted by molar-refractivity contribution is 5.34. The van der Waals surface area contributed by atoms with Crippen LogP contribution in [0.2, 0.25) is 0 Å². The second-order valence-corrected chi connectivity index (χ2v) is 3.76. The average Bonchev–Trinajstić information content (AvgIpc) is 2.43. The monoisotopic (exact) mass is 181 g/mol. The summed E-state index contributed by atoms with van der Waals surface area (Å²) in [4.78, 5) is 4.10. The predicted octanol–water partition coefficient (Wildman–Crippen LogP) is 0.873. The van der Waals surface area contributed by atoms with Crippen molar-refractivity contribution in [1.82, 2.24) is 14.8 Å². The van der Waals surface area contributed by atoms with Crippen molar-refractivity contribution < 1.29 is 0 Å². The van der Waals surface area contributed by atoms with Crippen LogP contribution in [0.3, 0.4) is 0 Å². The van der Waals surface area contributed by atoms with Crippen LogP contribution in [-0.2, 0) is 0 Å². The Kier molecular flexibility index (Phi) is 1.86. The molecule has 1 atom stereocenters. The molecular weight excluding hydrogens is 166 g/mol. The maximum Gasteiger partial charge on any atom is 0.241 e. The van der Waals surface area contributed by atoms with Crippen molar-refractivity contribution >= 4 is 11.9 Å². The molecule has 5 heteroatoms. The Hall–Kier alpha value is -1.26. The van der Waals surface area contributed by atoms with Crippen LogP contribution in [0.5, 0.6) is 0 Å². The number of anilines is 2. The first-order valence-corrected chi connectivity index (χ1v) is 4.64. The molecule has 3 N–H and O–H groups in total. The summed E-state index contributed by atoms with van der Waals surface area (Å²) >= 11 is 0. The molecule has 1 aromatic rings. The topological polar surface area (TPSA) is 68.8 Å². The van der Waals surface area contributed by atoms with Crippen LogP contribution in [0.25, 0.3) is 0 Å². The lowest BCUT2D eigenvalue weighted by Gasteiger charge is -2.26. The molecule has 5 nitrogen and oxygen atoms in total. The number of rotatable bonds is 1. The third-order valence-corrected chi connectivity index (χ3v) is 2.45. The van der Waals surface area contributed by atoms with Crippen LogP contribution in [0.1, 0.15) is 26.3 Å². The summed E-state index contributed by atoms with van der Waals surface area (Å²) in [6, 6.07) is 0.432. The van der Waals surface area contributed by atoms with Crippen molar-refractivity contribution in [3.63, 3.8) is 0 Å². The van der Waals surface area contributed by atoms with Gasteiger partial charge in [0, 0.05) is 6.54 Å². The molecule has 0 saturated carbocycles. The van der Waals surface area contributed by atoms with Crippen LogP contribution in [0, 0.1) is 5.92 Å². The van der Waals surface area contributed by atoms with Gasteiger partial charge in [-0.1, -0.05) is 13.8 Å². The molecule has 0 spiro atoms. The van der Waals surface area contributed by atoms with Crippen LogP contribution in [-0.4, -0.2) is 21.3 Å². The molecule has 1 aliphatic rings. The minimum absolute atomic E-state index is 0.357. The maximum atomic E-state index is 5.54. The second-order valence-electron chi connectivity index (χ2n) is 3.76. The van der Waals surface area contributed by atoms with E-state index in [0.29, 0.717) is 17.9 Å². The minimum Gasteiger partial charge on any atom is -0.366 e. The molecule has 0 fully saturated rings. The highest BCUT2D eigenvalue weighted by atomic mass is 15.4. The third-order valence-electron chi connectivity index (χ3n) is 2.45. The van der Waals surface area contributed by atoms with E-state index in [2.05, 4.69) is 29.2 Å². The molecule has 0 amide bonds. The molecule has 0 aromatic carbocycles. The summed E-state index contributed by atoms with van der Waals surface area (Å²) in [6.07, 6.45) is 1.09. The number of nitrogens with two attached hydrogens (primary N) is 1. The Balaban J connectivity index is 2.36. The molecule has 2 heterocycles.